The Balaban J connectivity index is 2.09. The first-order chi connectivity index (χ1) is 7.88. The minimum Gasteiger partial charge on any atom is -0.326 e. The summed E-state index contributed by atoms with van der Waals surface area (Å²) in [4.78, 5) is 0. The van der Waals surface area contributed by atoms with Crippen LogP contribution >= 0.6 is 0 Å². The fourth-order valence-corrected chi connectivity index (χ4v) is 2.73. The molecule has 2 aromatic rings. The van der Waals surface area contributed by atoms with E-state index in [-0.39, 0.29) is 0 Å². The quantitative estimate of drug-likeness (QED) is 0.809. The molecule has 1 aromatic heterocycles. The maximum atomic E-state index is 5.68. The number of nitrogens with zero attached hydrogens (tertiary/aromatic N) is 1. The highest BCUT2D eigenvalue weighted by Crippen LogP contribution is 2.36. The highest BCUT2D eigenvalue weighted by atomic mass is 15.1. The second kappa shape index (κ2) is 3.91. The number of rotatable bonds is 2. The molecule has 1 aliphatic rings. The van der Waals surface area contributed by atoms with Gasteiger partial charge in [0, 0.05) is 23.5 Å². The number of aromatic nitrogens is 2. The Morgan fingerprint density at radius 3 is 2.88 bits per heavy atom. The molecule has 16 heavy (non-hydrogen) atoms. The summed E-state index contributed by atoms with van der Waals surface area (Å²) in [5, 5.41) is 8.86. The number of benzene rings is 1. The molecule has 1 aliphatic carbocycles. The van der Waals surface area contributed by atoms with Gasteiger partial charge >= 0.3 is 0 Å². The van der Waals surface area contributed by atoms with Crippen LogP contribution in [0.15, 0.2) is 18.2 Å². The van der Waals surface area contributed by atoms with Crippen molar-refractivity contribution in [3.63, 3.8) is 0 Å². The van der Waals surface area contributed by atoms with E-state index in [4.69, 9.17) is 5.73 Å². The lowest BCUT2D eigenvalue weighted by Crippen LogP contribution is -1.96. The number of hydrogen-bond acceptors (Lipinski definition) is 2. The van der Waals surface area contributed by atoms with Crippen molar-refractivity contribution in [1.29, 1.82) is 0 Å². The van der Waals surface area contributed by atoms with Crippen molar-refractivity contribution in [2.24, 2.45) is 5.73 Å². The molecule has 1 heterocycles. The van der Waals surface area contributed by atoms with Crippen LogP contribution in [0.1, 0.15) is 42.9 Å². The Bertz CT molecular complexity index is 495. The topological polar surface area (TPSA) is 54.7 Å². The smallest absolute Gasteiger partial charge is 0.0924 e. The van der Waals surface area contributed by atoms with Crippen molar-refractivity contribution >= 4 is 10.9 Å². The molecular formula is C13H17N3. The van der Waals surface area contributed by atoms with Gasteiger partial charge in [0.25, 0.3) is 0 Å². The molecule has 3 nitrogen and oxygen atoms in total. The van der Waals surface area contributed by atoms with Crippen molar-refractivity contribution in [3.05, 3.63) is 29.5 Å². The van der Waals surface area contributed by atoms with Gasteiger partial charge in [0.1, 0.15) is 0 Å². The maximum absolute atomic E-state index is 5.68. The summed E-state index contributed by atoms with van der Waals surface area (Å²) >= 11 is 0. The molecule has 0 saturated heterocycles. The summed E-state index contributed by atoms with van der Waals surface area (Å²) in [5.74, 6) is 0.679. The van der Waals surface area contributed by atoms with E-state index in [0.717, 1.165) is 5.52 Å². The largest absolute Gasteiger partial charge is 0.326 e. The maximum Gasteiger partial charge on any atom is 0.0924 e. The van der Waals surface area contributed by atoms with Crippen LogP contribution < -0.4 is 5.73 Å². The Morgan fingerprint density at radius 2 is 2.12 bits per heavy atom. The molecule has 84 valence electrons. The van der Waals surface area contributed by atoms with Crippen LogP contribution in [0.5, 0.6) is 0 Å². The minimum absolute atomic E-state index is 0.602. The summed E-state index contributed by atoms with van der Waals surface area (Å²) in [6.07, 6.45) is 5.29. The standard InChI is InChI=1S/C13H17N3/c14-8-9-5-6-12-11(7-9)13(16-15-12)10-3-1-2-4-10/h5-7,10H,1-4,8,14H2,(H,15,16). The van der Waals surface area contributed by atoms with E-state index in [1.165, 1.54) is 42.3 Å². The highest BCUT2D eigenvalue weighted by Gasteiger charge is 2.21. The summed E-state index contributed by atoms with van der Waals surface area (Å²) < 4.78 is 0. The van der Waals surface area contributed by atoms with Crippen LogP contribution in [0.3, 0.4) is 0 Å². The fraction of sp³-hybridized carbons (Fsp3) is 0.462. The number of hydrogen-bond donors (Lipinski definition) is 2. The second-order valence-corrected chi connectivity index (χ2v) is 4.67. The minimum atomic E-state index is 0.602. The molecule has 0 atom stereocenters. The van der Waals surface area contributed by atoms with Gasteiger partial charge in [0.2, 0.25) is 0 Å². The number of H-pyrrole nitrogens is 1. The summed E-state index contributed by atoms with van der Waals surface area (Å²) in [5.41, 5.74) is 9.26. The molecule has 0 radical (unpaired) electrons. The molecule has 1 fully saturated rings. The molecule has 3 heteroatoms. The lowest BCUT2D eigenvalue weighted by Gasteiger charge is -2.06. The summed E-state index contributed by atoms with van der Waals surface area (Å²) in [6, 6.07) is 6.31. The first-order valence-electron chi connectivity index (χ1n) is 6.05. The van der Waals surface area contributed by atoms with E-state index in [1.807, 2.05) is 0 Å². The molecular weight excluding hydrogens is 198 g/mol. The van der Waals surface area contributed by atoms with Gasteiger partial charge in [-0.05, 0) is 30.5 Å². The van der Waals surface area contributed by atoms with Crippen LogP contribution in [0.4, 0.5) is 0 Å². The van der Waals surface area contributed by atoms with Crippen molar-refractivity contribution in [2.45, 2.75) is 38.1 Å². The highest BCUT2D eigenvalue weighted by molar-refractivity contribution is 5.82. The Morgan fingerprint density at radius 1 is 1.31 bits per heavy atom. The average Bonchev–Trinajstić information content (AvgIpc) is 2.96. The van der Waals surface area contributed by atoms with Crippen molar-refractivity contribution < 1.29 is 0 Å². The van der Waals surface area contributed by atoms with Gasteiger partial charge in [0.05, 0.1) is 5.52 Å². The Kier molecular flexibility index (Phi) is 2.40. The number of nitrogens with two attached hydrogens (primary N) is 1. The SMILES string of the molecule is NCc1ccc2n[nH]c(C3CCCC3)c2c1. The molecule has 0 spiro atoms. The van der Waals surface area contributed by atoms with Crippen molar-refractivity contribution in [3.8, 4) is 0 Å². The Labute approximate surface area is 95.0 Å². The van der Waals surface area contributed by atoms with Crippen LogP contribution in [0, 0.1) is 0 Å². The lowest BCUT2D eigenvalue weighted by molar-refractivity contribution is 0.698. The monoisotopic (exact) mass is 215 g/mol. The molecule has 3 rings (SSSR count). The molecule has 1 saturated carbocycles. The third-order valence-electron chi connectivity index (χ3n) is 3.65. The van der Waals surface area contributed by atoms with Gasteiger partial charge in [-0.15, -0.1) is 0 Å². The number of nitrogens with one attached hydrogen (secondary N) is 1. The van der Waals surface area contributed by atoms with Gasteiger partial charge in [-0.3, -0.25) is 5.10 Å². The molecule has 0 bridgehead atoms. The van der Waals surface area contributed by atoms with Crippen LogP contribution in [0.2, 0.25) is 0 Å². The van der Waals surface area contributed by atoms with E-state index in [2.05, 4.69) is 28.4 Å². The van der Waals surface area contributed by atoms with Gasteiger partial charge in [-0.1, -0.05) is 18.9 Å². The van der Waals surface area contributed by atoms with Gasteiger partial charge in [-0.2, -0.15) is 5.10 Å². The molecule has 0 aliphatic heterocycles. The van der Waals surface area contributed by atoms with Crippen molar-refractivity contribution in [1.82, 2.24) is 10.2 Å². The molecule has 3 N–H and O–H groups in total. The fourth-order valence-electron chi connectivity index (χ4n) is 2.73. The zero-order valence-corrected chi connectivity index (χ0v) is 9.37. The predicted octanol–water partition coefficient (Wildman–Crippen LogP) is 2.68. The summed E-state index contributed by atoms with van der Waals surface area (Å²) in [6.45, 7) is 0.602. The zero-order valence-electron chi connectivity index (χ0n) is 9.37. The second-order valence-electron chi connectivity index (χ2n) is 4.67. The number of fused-ring (bicyclic) bond motifs is 1. The predicted molar refractivity (Wildman–Crippen MR) is 65.2 cm³/mol. The molecule has 0 unspecified atom stereocenters. The Hall–Kier alpha value is -1.35. The van der Waals surface area contributed by atoms with Gasteiger partial charge < -0.3 is 5.73 Å². The number of aromatic amines is 1. The third-order valence-corrected chi connectivity index (χ3v) is 3.65. The first kappa shape index (κ1) is 9.85. The van der Waals surface area contributed by atoms with Crippen LogP contribution in [-0.2, 0) is 6.54 Å². The molecule has 0 amide bonds. The van der Waals surface area contributed by atoms with Crippen LogP contribution in [0.25, 0.3) is 10.9 Å². The van der Waals surface area contributed by atoms with Gasteiger partial charge in [0.15, 0.2) is 0 Å². The van der Waals surface area contributed by atoms with Crippen molar-refractivity contribution in [2.75, 3.05) is 0 Å². The first-order valence-corrected chi connectivity index (χ1v) is 6.05. The molecule has 1 aromatic carbocycles. The van der Waals surface area contributed by atoms with Gasteiger partial charge in [-0.25, -0.2) is 0 Å². The summed E-state index contributed by atoms with van der Waals surface area (Å²) in [7, 11) is 0. The van der Waals surface area contributed by atoms with E-state index in [0.29, 0.717) is 12.5 Å². The average molecular weight is 215 g/mol. The zero-order chi connectivity index (χ0) is 11.0. The lowest BCUT2D eigenvalue weighted by atomic mass is 9.99. The van der Waals surface area contributed by atoms with E-state index >= 15 is 0 Å². The van der Waals surface area contributed by atoms with Crippen LogP contribution in [-0.4, -0.2) is 10.2 Å². The van der Waals surface area contributed by atoms with E-state index < -0.39 is 0 Å². The van der Waals surface area contributed by atoms with E-state index in [9.17, 15) is 0 Å². The third kappa shape index (κ3) is 1.52. The normalized spacial score (nSPS) is 17.3. The van der Waals surface area contributed by atoms with E-state index in [1.54, 1.807) is 0 Å².